The molecule has 0 amide bonds. The SMILES string of the molecule is COc1ccc(C(N(CC(F)(F)C(F)(F)F)C(C)c2ccccn2)C(F)(F)F)cc1. The number of pyridine rings is 1. The summed E-state index contributed by atoms with van der Waals surface area (Å²) in [6.07, 6.45) is -9.97. The summed E-state index contributed by atoms with van der Waals surface area (Å²) in [5, 5.41) is 0. The summed E-state index contributed by atoms with van der Waals surface area (Å²) in [5.41, 5.74) is -0.595. The molecule has 3 nitrogen and oxygen atoms in total. The van der Waals surface area contributed by atoms with E-state index in [2.05, 4.69) is 4.98 Å². The van der Waals surface area contributed by atoms with E-state index in [0.717, 1.165) is 19.1 Å². The van der Waals surface area contributed by atoms with Gasteiger partial charge in [-0.3, -0.25) is 9.88 Å². The molecule has 1 aromatic carbocycles. The lowest BCUT2D eigenvalue weighted by molar-refractivity contribution is -0.296. The molecule has 0 aliphatic rings. The molecule has 30 heavy (non-hydrogen) atoms. The zero-order valence-corrected chi connectivity index (χ0v) is 15.8. The molecule has 0 N–H and O–H groups in total. The van der Waals surface area contributed by atoms with Crippen LogP contribution in [0.4, 0.5) is 35.1 Å². The largest absolute Gasteiger partial charge is 0.497 e. The molecule has 2 rings (SSSR count). The molecule has 0 saturated carbocycles. The lowest BCUT2D eigenvalue weighted by Crippen LogP contribution is -2.51. The molecule has 0 aliphatic carbocycles. The number of rotatable bonds is 7. The number of methoxy groups -OCH3 is 1. The Kier molecular flexibility index (Phi) is 6.95. The predicted octanol–water partition coefficient (Wildman–Crippen LogP) is 5.95. The van der Waals surface area contributed by atoms with Crippen LogP contribution < -0.4 is 4.74 Å². The van der Waals surface area contributed by atoms with Crippen LogP contribution >= 0.6 is 0 Å². The Bertz CT molecular complexity index is 806. The first-order valence-corrected chi connectivity index (χ1v) is 8.60. The fourth-order valence-electron chi connectivity index (χ4n) is 2.92. The molecule has 0 saturated heterocycles. The summed E-state index contributed by atoms with van der Waals surface area (Å²) in [6.45, 7) is -1.11. The molecular formula is C19H18F8N2O. The van der Waals surface area contributed by atoms with E-state index in [-0.39, 0.29) is 16.3 Å². The Balaban J connectivity index is 2.59. The highest BCUT2D eigenvalue weighted by atomic mass is 19.4. The summed E-state index contributed by atoms with van der Waals surface area (Å²) in [6, 6.07) is 4.12. The van der Waals surface area contributed by atoms with Gasteiger partial charge in [-0.15, -0.1) is 0 Å². The smallest absolute Gasteiger partial charge is 0.454 e. The quantitative estimate of drug-likeness (QED) is 0.496. The molecule has 0 aliphatic heterocycles. The molecule has 1 aromatic heterocycles. The van der Waals surface area contributed by atoms with Crippen molar-refractivity contribution in [3.63, 3.8) is 0 Å². The second-order valence-corrected chi connectivity index (χ2v) is 6.52. The third-order valence-electron chi connectivity index (χ3n) is 4.48. The summed E-state index contributed by atoms with van der Waals surface area (Å²) in [5.74, 6) is -5.18. The lowest BCUT2D eigenvalue weighted by Gasteiger charge is -2.39. The molecule has 0 fully saturated rings. The maximum Gasteiger partial charge on any atom is 0.454 e. The molecule has 2 aromatic rings. The van der Waals surface area contributed by atoms with Crippen LogP contribution in [0.25, 0.3) is 0 Å². The van der Waals surface area contributed by atoms with Gasteiger partial charge in [0.15, 0.2) is 0 Å². The number of benzene rings is 1. The first-order valence-electron chi connectivity index (χ1n) is 8.60. The number of hydrogen-bond acceptors (Lipinski definition) is 3. The van der Waals surface area contributed by atoms with Gasteiger partial charge in [0.25, 0.3) is 0 Å². The van der Waals surface area contributed by atoms with Crippen molar-refractivity contribution in [1.29, 1.82) is 0 Å². The lowest BCUT2D eigenvalue weighted by atomic mass is 10.00. The minimum atomic E-state index is -6.02. The molecule has 0 bridgehead atoms. The molecule has 0 radical (unpaired) electrons. The minimum Gasteiger partial charge on any atom is -0.497 e. The van der Waals surface area contributed by atoms with Gasteiger partial charge in [0, 0.05) is 6.20 Å². The average molecular weight is 442 g/mol. The third-order valence-corrected chi connectivity index (χ3v) is 4.48. The van der Waals surface area contributed by atoms with Gasteiger partial charge < -0.3 is 4.74 Å². The summed E-state index contributed by atoms with van der Waals surface area (Å²) < 4.78 is 113. The van der Waals surface area contributed by atoms with E-state index in [9.17, 15) is 35.1 Å². The van der Waals surface area contributed by atoms with Gasteiger partial charge in [-0.05, 0) is 36.8 Å². The molecule has 2 unspecified atom stereocenters. The molecule has 1 heterocycles. The third kappa shape index (κ3) is 5.38. The summed E-state index contributed by atoms with van der Waals surface area (Å²) in [7, 11) is 1.27. The Hall–Kier alpha value is -2.43. The Labute approximate surface area is 167 Å². The highest BCUT2D eigenvalue weighted by Crippen LogP contribution is 2.45. The predicted molar refractivity (Wildman–Crippen MR) is 92.2 cm³/mol. The van der Waals surface area contributed by atoms with Crippen molar-refractivity contribution < 1.29 is 39.9 Å². The van der Waals surface area contributed by atoms with Gasteiger partial charge in [-0.25, -0.2) is 0 Å². The van der Waals surface area contributed by atoms with Crippen molar-refractivity contribution in [1.82, 2.24) is 9.88 Å². The summed E-state index contributed by atoms with van der Waals surface area (Å²) >= 11 is 0. The molecular weight excluding hydrogens is 424 g/mol. The van der Waals surface area contributed by atoms with Crippen LogP contribution in [-0.4, -0.2) is 41.8 Å². The van der Waals surface area contributed by atoms with E-state index in [4.69, 9.17) is 4.74 Å². The number of aromatic nitrogens is 1. The number of nitrogens with zero attached hydrogens (tertiary/aromatic N) is 2. The number of ether oxygens (including phenoxy) is 1. The van der Waals surface area contributed by atoms with Gasteiger partial charge in [-0.2, -0.15) is 35.1 Å². The normalized spacial score (nSPS) is 15.2. The zero-order chi connectivity index (χ0) is 22.7. The van der Waals surface area contributed by atoms with Gasteiger partial charge in [0.05, 0.1) is 25.4 Å². The fraction of sp³-hybridized carbons (Fsp3) is 0.421. The minimum absolute atomic E-state index is 0.0671. The van der Waals surface area contributed by atoms with Crippen LogP contribution in [0.3, 0.4) is 0 Å². The van der Waals surface area contributed by atoms with E-state index in [1.165, 1.54) is 43.6 Å². The monoisotopic (exact) mass is 442 g/mol. The van der Waals surface area contributed by atoms with Gasteiger partial charge in [0.1, 0.15) is 11.8 Å². The zero-order valence-electron chi connectivity index (χ0n) is 15.8. The van der Waals surface area contributed by atoms with Crippen LogP contribution in [0.2, 0.25) is 0 Å². The Morgan fingerprint density at radius 2 is 1.53 bits per heavy atom. The molecule has 166 valence electrons. The van der Waals surface area contributed by atoms with Crippen molar-refractivity contribution >= 4 is 0 Å². The highest BCUT2D eigenvalue weighted by molar-refractivity contribution is 5.30. The van der Waals surface area contributed by atoms with E-state index >= 15 is 0 Å². The standard InChI is InChI=1S/C19H18F8N2O/c1-12(15-5-3-4-10-28-15)29(11-17(20,21)19(25,26)27)16(18(22,23)24)13-6-8-14(30-2)9-7-13/h3-10,12,16H,11H2,1-2H3. The van der Waals surface area contributed by atoms with Crippen LogP contribution in [0, 0.1) is 0 Å². The van der Waals surface area contributed by atoms with Crippen molar-refractivity contribution in [2.45, 2.75) is 37.3 Å². The molecule has 11 heteroatoms. The Morgan fingerprint density at radius 1 is 0.933 bits per heavy atom. The van der Waals surface area contributed by atoms with Crippen molar-refractivity contribution in [2.24, 2.45) is 0 Å². The van der Waals surface area contributed by atoms with Crippen molar-refractivity contribution in [3.8, 4) is 5.75 Å². The second kappa shape index (κ2) is 8.75. The topological polar surface area (TPSA) is 25.4 Å². The Morgan fingerprint density at radius 3 is 1.97 bits per heavy atom. The van der Waals surface area contributed by atoms with Crippen LogP contribution in [0.5, 0.6) is 5.75 Å². The highest BCUT2D eigenvalue weighted by Gasteiger charge is 2.60. The molecule has 2 atom stereocenters. The second-order valence-electron chi connectivity index (χ2n) is 6.52. The van der Waals surface area contributed by atoms with Crippen molar-refractivity contribution in [2.75, 3.05) is 13.7 Å². The van der Waals surface area contributed by atoms with E-state index in [1.54, 1.807) is 0 Å². The van der Waals surface area contributed by atoms with E-state index in [1.807, 2.05) is 0 Å². The van der Waals surface area contributed by atoms with Gasteiger partial charge in [-0.1, -0.05) is 18.2 Å². The van der Waals surface area contributed by atoms with Crippen LogP contribution in [0.15, 0.2) is 48.7 Å². The van der Waals surface area contributed by atoms with Crippen LogP contribution in [0.1, 0.15) is 30.3 Å². The number of alkyl halides is 8. The van der Waals surface area contributed by atoms with E-state index < -0.39 is 42.5 Å². The number of halogens is 8. The van der Waals surface area contributed by atoms with Gasteiger partial charge >= 0.3 is 18.3 Å². The van der Waals surface area contributed by atoms with Crippen molar-refractivity contribution in [3.05, 3.63) is 59.9 Å². The maximum absolute atomic E-state index is 14.0. The first-order chi connectivity index (χ1) is 13.8. The maximum atomic E-state index is 14.0. The average Bonchev–Trinajstić information content (AvgIpc) is 2.66. The molecule has 0 spiro atoms. The van der Waals surface area contributed by atoms with E-state index in [0.29, 0.717) is 0 Å². The van der Waals surface area contributed by atoms with Crippen LogP contribution in [-0.2, 0) is 0 Å². The first kappa shape index (κ1) is 23.8. The fourth-order valence-corrected chi connectivity index (χ4v) is 2.92. The summed E-state index contributed by atoms with van der Waals surface area (Å²) in [4.78, 5) is 3.89. The number of hydrogen-bond donors (Lipinski definition) is 0. The van der Waals surface area contributed by atoms with Gasteiger partial charge in [0.2, 0.25) is 0 Å².